The molecule has 2 aromatic carbocycles. The zero-order valence-corrected chi connectivity index (χ0v) is 18.5. The van der Waals surface area contributed by atoms with E-state index in [4.69, 9.17) is 14.2 Å². The van der Waals surface area contributed by atoms with Crippen molar-refractivity contribution >= 4 is 35.1 Å². The van der Waals surface area contributed by atoms with Gasteiger partial charge in [-0.05, 0) is 37.3 Å². The van der Waals surface area contributed by atoms with Crippen LogP contribution in [-0.4, -0.2) is 57.1 Å². The molecule has 0 spiro atoms. The molecule has 0 aromatic heterocycles. The Kier molecular flexibility index (Phi) is 7.50. The first-order valence-electron chi connectivity index (χ1n) is 10.2. The van der Waals surface area contributed by atoms with E-state index in [0.29, 0.717) is 22.9 Å². The molecule has 1 heterocycles. The van der Waals surface area contributed by atoms with Gasteiger partial charge < -0.3 is 29.7 Å². The molecule has 2 aromatic rings. The average Bonchev–Trinajstić information content (AvgIpc) is 2.94. The lowest BCUT2D eigenvalue weighted by molar-refractivity contribution is -0.146. The van der Waals surface area contributed by atoms with E-state index in [1.54, 1.807) is 37.3 Å². The second-order valence-corrected chi connectivity index (χ2v) is 7.30. The van der Waals surface area contributed by atoms with E-state index < -0.39 is 37.0 Å². The maximum atomic E-state index is 12.8. The van der Waals surface area contributed by atoms with Gasteiger partial charge >= 0.3 is 5.97 Å². The molecule has 3 rings (SSSR count). The first-order valence-corrected chi connectivity index (χ1v) is 10.2. The quantitative estimate of drug-likeness (QED) is 0.610. The van der Waals surface area contributed by atoms with Crippen LogP contribution in [0.2, 0.25) is 0 Å². The first-order chi connectivity index (χ1) is 15.8. The number of fused-ring (bicyclic) bond motifs is 1. The van der Waals surface area contributed by atoms with Crippen LogP contribution < -0.4 is 25.0 Å². The van der Waals surface area contributed by atoms with Crippen molar-refractivity contribution in [1.29, 1.82) is 0 Å². The number of carbonyl (C=O) groups excluding carboxylic acids is 4. The summed E-state index contributed by atoms with van der Waals surface area (Å²) in [5, 5.41) is 5.20. The van der Waals surface area contributed by atoms with E-state index in [1.807, 2.05) is 0 Å². The zero-order valence-electron chi connectivity index (χ0n) is 18.5. The first kappa shape index (κ1) is 23.6. The summed E-state index contributed by atoms with van der Waals surface area (Å²) >= 11 is 0. The third kappa shape index (κ3) is 5.59. The van der Waals surface area contributed by atoms with Gasteiger partial charge in [-0.3, -0.25) is 19.2 Å². The lowest BCUT2D eigenvalue weighted by atomic mass is 10.1. The van der Waals surface area contributed by atoms with Crippen molar-refractivity contribution in [3.05, 3.63) is 48.0 Å². The molecule has 2 N–H and O–H groups in total. The van der Waals surface area contributed by atoms with Crippen molar-refractivity contribution in [1.82, 2.24) is 5.32 Å². The molecule has 33 heavy (non-hydrogen) atoms. The summed E-state index contributed by atoms with van der Waals surface area (Å²) < 4.78 is 15.3. The largest absolute Gasteiger partial charge is 0.493 e. The van der Waals surface area contributed by atoms with Gasteiger partial charge in [0.15, 0.2) is 18.1 Å². The number of nitrogens with one attached hydrogen (secondary N) is 2. The predicted octanol–water partition coefficient (Wildman–Crippen LogP) is 1.74. The average molecular weight is 455 g/mol. The van der Waals surface area contributed by atoms with Crippen molar-refractivity contribution in [2.24, 2.45) is 0 Å². The lowest BCUT2D eigenvalue weighted by Crippen LogP contribution is -2.42. The maximum Gasteiger partial charge on any atom is 0.325 e. The number of esters is 1. The van der Waals surface area contributed by atoms with Gasteiger partial charge in [-0.25, -0.2) is 0 Å². The summed E-state index contributed by atoms with van der Waals surface area (Å²) in [6, 6.07) is 11.1. The smallest absolute Gasteiger partial charge is 0.325 e. The highest BCUT2D eigenvalue weighted by molar-refractivity contribution is 6.05. The summed E-state index contributed by atoms with van der Waals surface area (Å²) in [5.74, 6) is -1.14. The van der Waals surface area contributed by atoms with Gasteiger partial charge in [0.05, 0.1) is 25.6 Å². The van der Waals surface area contributed by atoms with E-state index in [0.717, 1.165) is 0 Å². The summed E-state index contributed by atoms with van der Waals surface area (Å²) in [4.78, 5) is 50.7. The van der Waals surface area contributed by atoms with Crippen molar-refractivity contribution in [2.45, 2.75) is 19.4 Å². The van der Waals surface area contributed by atoms with Crippen LogP contribution in [0.5, 0.6) is 11.5 Å². The predicted molar refractivity (Wildman–Crippen MR) is 119 cm³/mol. The van der Waals surface area contributed by atoms with Gasteiger partial charge in [0.2, 0.25) is 5.91 Å². The fraction of sp³-hybridized carbons (Fsp3) is 0.304. The van der Waals surface area contributed by atoms with Crippen molar-refractivity contribution in [2.75, 3.05) is 37.6 Å². The summed E-state index contributed by atoms with van der Waals surface area (Å²) in [6.45, 7) is 0.787. The molecular formula is C23H25N3O7. The van der Waals surface area contributed by atoms with Gasteiger partial charge in [-0.15, -0.1) is 0 Å². The van der Waals surface area contributed by atoms with Crippen LogP contribution in [0, 0.1) is 0 Å². The van der Waals surface area contributed by atoms with E-state index >= 15 is 0 Å². The number of hydrogen-bond acceptors (Lipinski definition) is 7. The fourth-order valence-electron chi connectivity index (χ4n) is 3.46. The van der Waals surface area contributed by atoms with Crippen molar-refractivity contribution < 1.29 is 33.4 Å². The van der Waals surface area contributed by atoms with Crippen LogP contribution >= 0.6 is 0 Å². The Hall–Kier alpha value is -4.08. The SMILES string of the molecule is COc1ccc(C(=O)NCC(=O)OCC(=O)N2c3ccccc3NC(=O)C[C@H]2C)cc1OC. The molecule has 1 atom stereocenters. The normalized spacial score (nSPS) is 14.9. The second-order valence-electron chi connectivity index (χ2n) is 7.30. The number of nitrogens with zero attached hydrogens (tertiary/aromatic N) is 1. The van der Waals surface area contributed by atoms with E-state index in [1.165, 1.54) is 31.3 Å². The fourth-order valence-corrected chi connectivity index (χ4v) is 3.46. The molecular weight excluding hydrogens is 430 g/mol. The Morgan fingerprint density at radius 3 is 2.55 bits per heavy atom. The lowest BCUT2D eigenvalue weighted by Gasteiger charge is -2.27. The zero-order chi connectivity index (χ0) is 24.0. The summed E-state index contributed by atoms with van der Waals surface area (Å²) in [5.41, 5.74) is 1.30. The minimum absolute atomic E-state index is 0.107. The van der Waals surface area contributed by atoms with Crippen LogP contribution in [-0.2, 0) is 19.1 Å². The summed E-state index contributed by atoms with van der Waals surface area (Å²) in [6.07, 6.45) is 0.107. The third-order valence-electron chi connectivity index (χ3n) is 5.02. The van der Waals surface area contributed by atoms with Crippen molar-refractivity contribution in [3.8, 4) is 11.5 Å². The number of amides is 3. The van der Waals surface area contributed by atoms with Crippen molar-refractivity contribution in [3.63, 3.8) is 0 Å². The molecule has 1 aliphatic rings. The minimum Gasteiger partial charge on any atom is -0.493 e. The number of para-hydroxylation sites is 2. The Morgan fingerprint density at radius 1 is 1.09 bits per heavy atom. The second kappa shape index (κ2) is 10.5. The third-order valence-corrected chi connectivity index (χ3v) is 5.02. The number of benzene rings is 2. The number of methoxy groups -OCH3 is 2. The highest BCUT2D eigenvalue weighted by Gasteiger charge is 2.30. The van der Waals surface area contributed by atoms with Crippen LogP contribution in [0.3, 0.4) is 0 Å². The molecule has 1 aliphatic heterocycles. The van der Waals surface area contributed by atoms with E-state index in [2.05, 4.69) is 10.6 Å². The molecule has 0 unspecified atom stereocenters. The Morgan fingerprint density at radius 2 is 1.82 bits per heavy atom. The molecule has 0 aliphatic carbocycles. The number of hydrogen-bond donors (Lipinski definition) is 2. The van der Waals surface area contributed by atoms with Crippen LogP contribution in [0.4, 0.5) is 11.4 Å². The standard InChI is InChI=1S/C23H25N3O7/c1-14-10-20(27)25-16-6-4-5-7-17(16)26(14)21(28)13-33-22(29)12-24-23(30)15-8-9-18(31-2)19(11-15)32-3/h4-9,11,14H,10,12-13H2,1-3H3,(H,24,30)(H,25,27)/t14-/m1/s1. The van der Waals surface area contributed by atoms with Gasteiger partial charge in [-0.1, -0.05) is 12.1 Å². The molecule has 10 heteroatoms. The van der Waals surface area contributed by atoms with Crippen LogP contribution in [0.1, 0.15) is 23.7 Å². The van der Waals surface area contributed by atoms with Gasteiger partial charge in [0.1, 0.15) is 6.54 Å². The maximum absolute atomic E-state index is 12.8. The van der Waals surface area contributed by atoms with E-state index in [9.17, 15) is 19.2 Å². The van der Waals surface area contributed by atoms with E-state index in [-0.39, 0.29) is 17.9 Å². The molecule has 0 saturated carbocycles. The van der Waals surface area contributed by atoms with Crippen LogP contribution in [0.15, 0.2) is 42.5 Å². The molecule has 0 fully saturated rings. The molecule has 3 amide bonds. The van der Waals surface area contributed by atoms with Gasteiger partial charge in [0, 0.05) is 18.0 Å². The number of rotatable bonds is 7. The highest BCUT2D eigenvalue weighted by atomic mass is 16.5. The summed E-state index contributed by atoms with van der Waals surface area (Å²) in [7, 11) is 2.93. The Balaban J connectivity index is 1.57. The monoisotopic (exact) mass is 455 g/mol. The molecule has 0 bridgehead atoms. The Bertz CT molecular complexity index is 1070. The highest BCUT2D eigenvalue weighted by Crippen LogP contribution is 2.31. The van der Waals surface area contributed by atoms with Gasteiger partial charge in [0.25, 0.3) is 11.8 Å². The van der Waals surface area contributed by atoms with Gasteiger partial charge in [-0.2, -0.15) is 0 Å². The molecule has 174 valence electrons. The Labute approximate surface area is 190 Å². The molecule has 0 saturated heterocycles. The minimum atomic E-state index is -0.776. The number of ether oxygens (including phenoxy) is 3. The number of anilines is 2. The molecule has 10 nitrogen and oxygen atoms in total. The molecule has 0 radical (unpaired) electrons. The number of carbonyl (C=O) groups is 4. The van der Waals surface area contributed by atoms with Crippen LogP contribution in [0.25, 0.3) is 0 Å². The topological polar surface area (TPSA) is 123 Å².